The number of para-hydroxylation sites is 1. The van der Waals surface area contributed by atoms with E-state index in [9.17, 15) is 4.79 Å². The number of hydrogen-bond donors (Lipinski definition) is 1. The number of amides is 1. The molecule has 0 saturated carbocycles. The van der Waals surface area contributed by atoms with Crippen molar-refractivity contribution in [2.24, 2.45) is 0 Å². The zero-order valence-electron chi connectivity index (χ0n) is 14.8. The minimum absolute atomic E-state index is 0.00238. The average molecular weight is 327 g/mol. The van der Waals surface area contributed by atoms with Crippen molar-refractivity contribution in [2.45, 2.75) is 33.7 Å². The van der Waals surface area contributed by atoms with E-state index in [1.165, 1.54) is 0 Å². The molecule has 128 valence electrons. The summed E-state index contributed by atoms with van der Waals surface area (Å²) in [6.07, 6.45) is 0. The summed E-state index contributed by atoms with van der Waals surface area (Å²) >= 11 is 0. The maximum atomic E-state index is 12.0. The van der Waals surface area contributed by atoms with Gasteiger partial charge in [-0.1, -0.05) is 24.3 Å². The van der Waals surface area contributed by atoms with Crippen molar-refractivity contribution in [1.82, 2.24) is 5.32 Å². The number of aryl methyl sites for hydroxylation is 3. The molecule has 1 amide bonds. The molecule has 0 unspecified atom stereocenters. The Labute approximate surface area is 143 Å². The van der Waals surface area contributed by atoms with Gasteiger partial charge in [-0.05, 0) is 62.6 Å². The molecule has 0 aliphatic rings. The predicted molar refractivity (Wildman–Crippen MR) is 95.7 cm³/mol. The van der Waals surface area contributed by atoms with Gasteiger partial charge in [-0.25, -0.2) is 0 Å². The zero-order valence-corrected chi connectivity index (χ0v) is 14.8. The highest BCUT2D eigenvalue weighted by Gasteiger charge is 2.10. The van der Waals surface area contributed by atoms with Crippen LogP contribution in [0, 0.1) is 20.8 Å². The third-order valence-electron chi connectivity index (χ3n) is 3.55. The van der Waals surface area contributed by atoms with Gasteiger partial charge in [0.25, 0.3) is 5.91 Å². The molecular formula is C20H25NO3. The Morgan fingerprint density at radius 2 is 1.71 bits per heavy atom. The van der Waals surface area contributed by atoms with E-state index < -0.39 is 0 Å². The summed E-state index contributed by atoms with van der Waals surface area (Å²) in [4.78, 5) is 12.0. The SMILES string of the molecule is Cc1cc(C)cc(OCC(=O)N[C@H](C)COc2ccccc2C)c1. The maximum Gasteiger partial charge on any atom is 0.258 e. The molecule has 2 rings (SSSR count). The van der Waals surface area contributed by atoms with Crippen LogP contribution in [0.2, 0.25) is 0 Å². The minimum Gasteiger partial charge on any atom is -0.491 e. The van der Waals surface area contributed by atoms with Crippen LogP contribution in [0.25, 0.3) is 0 Å². The molecule has 0 fully saturated rings. The Kier molecular flexibility index (Phi) is 6.24. The number of rotatable bonds is 7. The molecule has 4 nitrogen and oxygen atoms in total. The third kappa shape index (κ3) is 5.61. The Bertz CT molecular complexity index is 677. The Balaban J connectivity index is 1.76. The third-order valence-corrected chi connectivity index (χ3v) is 3.55. The quantitative estimate of drug-likeness (QED) is 0.845. The van der Waals surface area contributed by atoms with Gasteiger partial charge in [0, 0.05) is 0 Å². The number of carbonyl (C=O) groups is 1. The molecule has 1 N–H and O–H groups in total. The highest BCUT2D eigenvalue weighted by molar-refractivity contribution is 5.77. The summed E-state index contributed by atoms with van der Waals surface area (Å²) in [5.74, 6) is 1.39. The van der Waals surface area contributed by atoms with Gasteiger partial charge in [0.2, 0.25) is 0 Å². The summed E-state index contributed by atoms with van der Waals surface area (Å²) < 4.78 is 11.3. The van der Waals surface area contributed by atoms with Crippen molar-refractivity contribution >= 4 is 5.91 Å². The number of benzene rings is 2. The van der Waals surface area contributed by atoms with Crippen molar-refractivity contribution in [3.05, 3.63) is 59.2 Å². The first-order valence-electron chi connectivity index (χ1n) is 8.13. The van der Waals surface area contributed by atoms with Crippen molar-refractivity contribution < 1.29 is 14.3 Å². The van der Waals surface area contributed by atoms with E-state index in [1.54, 1.807) is 0 Å². The van der Waals surface area contributed by atoms with Crippen LogP contribution in [0.5, 0.6) is 11.5 Å². The van der Waals surface area contributed by atoms with E-state index in [0.29, 0.717) is 12.4 Å². The average Bonchev–Trinajstić information content (AvgIpc) is 2.51. The Morgan fingerprint density at radius 1 is 1.04 bits per heavy atom. The lowest BCUT2D eigenvalue weighted by molar-refractivity contribution is -0.123. The van der Waals surface area contributed by atoms with Crippen LogP contribution in [-0.2, 0) is 4.79 Å². The second-order valence-electron chi connectivity index (χ2n) is 6.16. The number of carbonyl (C=O) groups excluding carboxylic acids is 1. The first-order chi connectivity index (χ1) is 11.4. The van der Waals surface area contributed by atoms with Gasteiger partial charge >= 0.3 is 0 Å². The molecule has 0 aromatic heterocycles. The smallest absolute Gasteiger partial charge is 0.258 e. The van der Waals surface area contributed by atoms with Crippen LogP contribution in [0.3, 0.4) is 0 Å². The minimum atomic E-state index is -0.157. The summed E-state index contributed by atoms with van der Waals surface area (Å²) in [6, 6.07) is 13.6. The summed E-state index contributed by atoms with van der Waals surface area (Å²) in [6.45, 7) is 8.33. The molecule has 2 aromatic rings. The van der Waals surface area contributed by atoms with Gasteiger partial charge in [0.05, 0.1) is 6.04 Å². The fourth-order valence-electron chi connectivity index (χ4n) is 2.46. The van der Waals surface area contributed by atoms with E-state index in [-0.39, 0.29) is 18.6 Å². The molecule has 0 aliphatic carbocycles. The normalized spacial score (nSPS) is 11.7. The molecule has 2 aromatic carbocycles. The van der Waals surface area contributed by atoms with E-state index >= 15 is 0 Å². The molecule has 24 heavy (non-hydrogen) atoms. The van der Waals surface area contributed by atoms with E-state index in [2.05, 4.69) is 11.4 Å². The van der Waals surface area contributed by atoms with Crippen LogP contribution in [0.15, 0.2) is 42.5 Å². The molecule has 0 spiro atoms. The molecule has 0 bridgehead atoms. The van der Waals surface area contributed by atoms with Crippen LogP contribution in [-0.4, -0.2) is 25.2 Å². The van der Waals surface area contributed by atoms with E-state index in [4.69, 9.17) is 9.47 Å². The second-order valence-corrected chi connectivity index (χ2v) is 6.16. The van der Waals surface area contributed by atoms with Crippen LogP contribution >= 0.6 is 0 Å². The van der Waals surface area contributed by atoms with Gasteiger partial charge in [0.1, 0.15) is 18.1 Å². The van der Waals surface area contributed by atoms with Crippen LogP contribution in [0.1, 0.15) is 23.6 Å². The standard InChI is InChI=1S/C20H25NO3/c1-14-9-15(2)11-18(10-14)23-13-20(22)21-17(4)12-24-19-8-6-5-7-16(19)3/h5-11,17H,12-13H2,1-4H3,(H,21,22)/t17-/m1/s1. The van der Waals surface area contributed by atoms with Crippen LogP contribution in [0.4, 0.5) is 0 Å². The van der Waals surface area contributed by atoms with Crippen molar-refractivity contribution in [2.75, 3.05) is 13.2 Å². The van der Waals surface area contributed by atoms with Gasteiger partial charge in [-0.2, -0.15) is 0 Å². The highest BCUT2D eigenvalue weighted by Crippen LogP contribution is 2.17. The molecule has 0 heterocycles. The fraction of sp³-hybridized carbons (Fsp3) is 0.350. The number of hydrogen-bond acceptors (Lipinski definition) is 3. The lowest BCUT2D eigenvalue weighted by atomic mass is 10.1. The van der Waals surface area contributed by atoms with E-state index in [0.717, 1.165) is 22.4 Å². The maximum absolute atomic E-state index is 12.0. The number of ether oxygens (including phenoxy) is 2. The van der Waals surface area contributed by atoms with Gasteiger partial charge in [-0.3, -0.25) is 4.79 Å². The molecule has 0 radical (unpaired) electrons. The topological polar surface area (TPSA) is 47.6 Å². The Morgan fingerprint density at radius 3 is 2.38 bits per heavy atom. The van der Waals surface area contributed by atoms with Gasteiger partial charge < -0.3 is 14.8 Å². The van der Waals surface area contributed by atoms with Crippen molar-refractivity contribution in [1.29, 1.82) is 0 Å². The summed E-state index contributed by atoms with van der Waals surface area (Å²) in [5, 5.41) is 2.88. The van der Waals surface area contributed by atoms with E-state index in [1.807, 2.05) is 64.1 Å². The molecule has 4 heteroatoms. The first kappa shape index (κ1) is 17.9. The second kappa shape index (κ2) is 8.39. The van der Waals surface area contributed by atoms with Crippen molar-refractivity contribution in [3.8, 4) is 11.5 Å². The molecule has 0 aliphatic heterocycles. The van der Waals surface area contributed by atoms with Crippen molar-refractivity contribution in [3.63, 3.8) is 0 Å². The molecule has 0 saturated heterocycles. The van der Waals surface area contributed by atoms with Gasteiger partial charge in [0.15, 0.2) is 6.61 Å². The first-order valence-corrected chi connectivity index (χ1v) is 8.13. The highest BCUT2D eigenvalue weighted by atomic mass is 16.5. The molecule has 1 atom stereocenters. The van der Waals surface area contributed by atoms with Crippen LogP contribution < -0.4 is 14.8 Å². The zero-order chi connectivity index (χ0) is 17.5. The number of nitrogens with one attached hydrogen (secondary N) is 1. The Hall–Kier alpha value is -2.49. The fourth-order valence-corrected chi connectivity index (χ4v) is 2.46. The summed E-state index contributed by atoms with van der Waals surface area (Å²) in [7, 11) is 0. The lowest BCUT2D eigenvalue weighted by Gasteiger charge is -2.16. The van der Waals surface area contributed by atoms with Gasteiger partial charge in [-0.15, -0.1) is 0 Å². The summed E-state index contributed by atoms with van der Waals surface area (Å²) in [5.41, 5.74) is 3.31. The molecular weight excluding hydrogens is 302 g/mol. The monoisotopic (exact) mass is 327 g/mol. The lowest BCUT2D eigenvalue weighted by Crippen LogP contribution is -2.39. The largest absolute Gasteiger partial charge is 0.491 e. The predicted octanol–water partition coefficient (Wildman–Crippen LogP) is 3.57.